The second-order valence-corrected chi connectivity index (χ2v) is 7.35. The van der Waals surface area contributed by atoms with Gasteiger partial charge in [-0.1, -0.05) is 12.1 Å². The van der Waals surface area contributed by atoms with Gasteiger partial charge in [-0.25, -0.2) is 0 Å². The van der Waals surface area contributed by atoms with Crippen molar-refractivity contribution in [2.75, 3.05) is 34.1 Å². The van der Waals surface area contributed by atoms with Gasteiger partial charge in [0.2, 0.25) is 13.6 Å². The third-order valence-electron chi connectivity index (χ3n) is 5.67. The van der Waals surface area contributed by atoms with Crippen LogP contribution < -0.4 is 18.9 Å². The molecule has 0 aliphatic carbocycles. The minimum atomic E-state index is -0.409. The summed E-state index contributed by atoms with van der Waals surface area (Å²) in [5, 5.41) is 0. The Morgan fingerprint density at radius 3 is 2.43 bits per heavy atom. The largest absolute Gasteiger partial charge is 0.454 e. The zero-order valence-electron chi connectivity index (χ0n) is 16.4. The van der Waals surface area contributed by atoms with E-state index in [-0.39, 0.29) is 26.3 Å². The van der Waals surface area contributed by atoms with E-state index in [0.29, 0.717) is 29.6 Å². The number of carbonyl (C=O) groups excluding carboxylic acids is 1. The highest BCUT2D eigenvalue weighted by atomic mass is 16.7. The van der Waals surface area contributed by atoms with Gasteiger partial charge >= 0.3 is 0 Å². The predicted octanol–water partition coefficient (Wildman–Crippen LogP) is 3.01. The Morgan fingerprint density at radius 1 is 1.00 bits per heavy atom. The molecule has 2 aromatic rings. The SMILES string of the molecule is COCO[C@H](c1ccc2c(c1)OCO2)[C@@H]1CO[C@H](c2ccc3c(c2)OCO3)[C@H]1C=O. The highest BCUT2D eigenvalue weighted by molar-refractivity contribution is 5.58. The van der Waals surface area contributed by atoms with Crippen molar-refractivity contribution in [1.29, 1.82) is 0 Å². The monoisotopic (exact) mass is 414 g/mol. The van der Waals surface area contributed by atoms with Gasteiger partial charge in [0.1, 0.15) is 13.1 Å². The molecular formula is C22H22O8. The second kappa shape index (κ2) is 8.14. The van der Waals surface area contributed by atoms with Crippen LogP contribution in [0.15, 0.2) is 36.4 Å². The molecular weight excluding hydrogens is 392 g/mol. The number of methoxy groups -OCH3 is 1. The molecule has 3 heterocycles. The number of rotatable bonds is 7. The fourth-order valence-electron chi connectivity index (χ4n) is 4.23. The summed E-state index contributed by atoms with van der Waals surface area (Å²) in [7, 11) is 1.56. The summed E-state index contributed by atoms with van der Waals surface area (Å²) in [4.78, 5) is 12.2. The lowest BCUT2D eigenvalue weighted by Crippen LogP contribution is -2.26. The van der Waals surface area contributed by atoms with E-state index >= 15 is 0 Å². The van der Waals surface area contributed by atoms with Gasteiger partial charge in [-0.15, -0.1) is 0 Å². The van der Waals surface area contributed by atoms with Gasteiger partial charge in [0.05, 0.1) is 24.7 Å². The lowest BCUT2D eigenvalue weighted by Gasteiger charge is -2.27. The minimum absolute atomic E-state index is 0.0931. The van der Waals surface area contributed by atoms with E-state index in [2.05, 4.69) is 0 Å². The Labute approximate surface area is 173 Å². The number of fused-ring (bicyclic) bond motifs is 2. The molecule has 8 heteroatoms. The standard InChI is InChI=1S/C22H22O8/c1-24-10-30-22(14-3-5-18-20(7-14)29-12-27-18)16-9-25-21(15(16)8-23)13-2-4-17-19(6-13)28-11-26-17/h2-8,15-16,21-22H,9-12H2,1H3/t15-,16+,21+,22+/m0/s1. The van der Waals surface area contributed by atoms with Gasteiger partial charge in [-0.3, -0.25) is 0 Å². The van der Waals surface area contributed by atoms with E-state index in [0.717, 1.165) is 17.4 Å². The Balaban J connectivity index is 1.43. The molecule has 0 spiro atoms. The fraction of sp³-hybridized carbons (Fsp3) is 0.409. The van der Waals surface area contributed by atoms with Crippen LogP contribution in [0.1, 0.15) is 23.3 Å². The molecule has 0 N–H and O–H groups in total. The van der Waals surface area contributed by atoms with Crippen LogP contribution in [0.5, 0.6) is 23.0 Å². The highest BCUT2D eigenvalue weighted by Gasteiger charge is 2.44. The molecule has 0 unspecified atom stereocenters. The summed E-state index contributed by atoms with van der Waals surface area (Å²) in [6.45, 7) is 0.848. The van der Waals surface area contributed by atoms with E-state index in [1.807, 2.05) is 36.4 Å². The van der Waals surface area contributed by atoms with Crippen molar-refractivity contribution in [2.45, 2.75) is 12.2 Å². The van der Waals surface area contributed by atoms with Crippen LogP contribution in [0.2, 0.25) is 0 Å². The summed E-state index contributed by atoms with van der Waals surface area (Å²) in [5.74, 6) is 2.10. The van der Waals surface area contributed by atoms with Gasteiger partial charge in [0.15, 0.2) is 23.0 Å². The Hall–Kier alpha value is -2.81. The van der Waals surface area contributed by atoms with Crippen molar-refractivity contribution in [1.82, 2.24) is 0 Å². The predicted molar refractivity (Wildman–Crippen MR) is 103 cm³/mol. The molecule has 158 valence electrons. The van der Waals surface area contributed by atoms with Crippen LogP contribution in [-0.2, 0) is 19.0 Å². The van der Waals surface area contributed by atoms with Crippen LogP contribution in [0, 0.1) is 11.8 Å². The van der Waals surface area contributed by atoms with Gasteiger partial charge in [0.25, 0.3) is 0 Å². The zero-order chi connectivity index (χ0) is 20.5. The van der Waals surface area contributed by atoms with E-state index in [1.165, 1.54) is 0 Å². The lowest BCUT2D eigenvalue weighted by atomic mass is 9.82. The highest BCUT2D eigenvalue weighted by Crippen LogP contribution is 2.47. The van der Waals surface area contributed by atoms with Crippen LogP contribution in [0.25, 0.3) is 0 Å². The molecule has 1 fully saturated rings. The van der Waals surface area contributed by atoms with Crippen molar-refractivity contribution in [3.05, 3.63) is 47.5 Å². The number of hydrogen-bond acceptors (Lipinski definition) is 8. The van der Waals surface area contributed by atoms with E-state index in [1.54, 1.807) is 7.11 Å². The van der Waals surface area contributed by atoms with Crippen molar-refractivity contribution < 1.29 is 38.0 Å². The molecule has 2 aromatic carbocycles. The molecule has 0 aromatic heterocycles. The fourth-order valence-corrected chi connectivity index (χ4v) is 4.23. The average Bonchev–Trinajstić information content (AvgIpc) is 3.51. The molecule has 3 aliphatic heterocycles. The molecule has 30 heavy (non-hydrogen) atoms. The molecule has 0 saturated carbocycles. The van der Waals surface area contributed by atoms with Crippen LogP contribution >= 0.6 is 0 Å². The smallest absolute Gasteiger partial charge is 0.231 e. The summed E-state index contributed by atoms with van der Waals surface area (Å²) >= 11 is 0. The summed E-state index contributed by atoms with van der Waals surface area (Å²) in [6, 6.07) is 11.3. The first-order chi connectivity index (χ1) is 14.8. The van der Waals surface area contributed by atoms with Gasteiger partial charge in [0, 0.05) is 13.0 Å². The lowest BCUT2D eigenvalue weighted by molar-refractivity contribution is -0.120. The third kappa shape index (κ3) is 3.36. The number of aldehydes is 1. The summed E-state index contributed by atoms with van der Waals surface area (Å²) in [5.41, 5.74) is 1.75. The molecule has 5 rings (SSSR count). The van der Waals surface area contributed by atoms with E-state index in [9.17, 15) is 4.79 Å². The third-order valence-corrected chi connectivity index (χ3v) is 5.67. The summed E-state index contributed by atoms with van der Waals surface area (Å²) < 4.78 is 39.0. The molecule has 0 amide bonds. The quantitative estimate of drug-likeness (QED) is 0.505. The van der Waals surface area contributed by atoms with Crippen molar-refractivity contribution >= 4 is 6.29 Å². The zero-order valence-corrected chi connectivity index (χ0v) is 16.4. The van der Waals surface area contributed by atoms with Crippen LogP contribution in [-0.4, -0.2) is 40.4 Å². The Morgan fingerprint density at radius 2 is 1.70 bits per heavy atom. The Bertz CT molecular complexity index is 929. The molecule has 1 saturated heterocycles. The molecule has 8 nitrogen and oxygen atoms in total. The first-order valence-electron chi connectivity index (χ1n) is 9.75. The minimum Gasteiger partial charge on any atom is -0.454 e. The van der Waals surface area contributed by atoms with Gasteiger partial charge in [-0.05, 0) is 35.4 Å². The van der Waals surface area contributed by atoms with Crippen molar-refractivity contribution in [3.63, 3.8) is 0 Å². The number of ether oxygens (including phenoxy) is 7. The first kappa shape index (κ1) is 19.2. The van der Waals surface area contributed by atoms with E-state index < -0.39 is 18.1 Å². The summed E-state index contributed by atoms with van der Waals surface area (Å²) in [6.07, 6.45) is 0.140. The second-order valence-electron chi connectivity index (χ2n) is 7.35. The topological polar surface area (TPSA) is 81.7 Å². The van der Waals surface area contributed by atoms with Crippen LogP contribution in [0.3, 0.4) is 0 Å². The number of benzene rings is 2. The maximum atomic E-state index is 12.2. The molecule has 3 aliphatic rings. The van der Waals surface area contributed by atoms with E-state index in [4.69, 9.17) is 33.2 Å². The van der Waals surface area contributed by atoms with Crippen molar-refractivity contribution in [3.8, 4) is 23.0 Å². The van der Waals surface area contributed by atoms with Crippen LogP contribution in [0.4, 0.5) is 0 Å². The van der Waals surface area contributed by atoms with Gasteiger partial charge < -0.3 is 38.0 Å². The Kier molecular flexibility index (Phi) is 5.20. The molecule has 0 bridgehead atoms. The molecule has 4 atom stereocenters. The maximum absolute atomic E-state index is 12.2. The average molecular weight is 414 g/mol. The number of hydrogen-bond donors (Lipinski definition) is 0. The normalized spacial score (nSPS) is 24.8. The maximum Gasteiger partial charge on any atom is 0.231 e. The van der Waals surface area contributed by atoms with Crippen molar-refractivity contribution in [2.24, 2.45) is 11.8 Å². The molecule has 0 radical (unpaired) electrons. The number of carbonyl (C=O) groups is 1. The first-order valence-corrected chi connectivity index (χ1v) is 9.75. The van der Waals surface area contributed by atoms with Gasteiger partial charge in [-0.2, -0.15) is 0 Å².